The van der Waals surface area contributed by atoms with Crippen LogP contribution in [0.4, 0.5) is 0 Å². The highest BCUT2D eigenvalue weighted by molar-refractivity contribution is 5.88. The standard InChI is InChI=1S/C17H18N2O4.CH2O2/c20-16(21)12-3-1-11(2-4-12)15-18-9-10-19(15)14-7-5-13(6-8-14)17(22)23;2-1-3/h1-4,9-10,13-14H,5-8H2,(H,20,21)(H,22,23);1H,(H,2,3). The van der Waals surface area contributed by atoms with Crippen LogP contribution in [0.25, 0.3) is 11.4 Å². The van der Waals surface area contributed by atoms with Gasteiger partial charge >= 0.3 is 11.9 Å². The molecule has 1 heterocycles. The zero-order valence-electron chi connectivity index (χ0n) is 14.0. The molecule has 0 spiro atoms. The summed E-state index contributed by atoms with van der Waals surface area (Å²) >= 11 is 0. The van der Waals surface area contributed by atoms with Gasteiger partial charge in [0.05, 0.1) is 11.5 Å². The molecule has 0 unspecified atom stereocenters. The van der Waals surface area contributed by atoms with Crippen molar-refractivity contribution in [3.63, 3.8) is 0 Å². The predicted molar refractivity (Wildman–Crippen MR) is 91.9 cm³/mol. The number of aromatic nitrogens is 2. The number of imidazole rings is 1. The van der Waals surface area contributed by atoms with Crippen LogP contribution in [0.1, 0.15) is 42.1 Å². The van der Waals surface area contributed by atoms with E-state index in [0.29, 0.717) is 12.8 Å². The van der Waals surface area contributed by atoms with E-state index in [1.54, 1.807) is 30.5 Å². The van der Waals surface area contributed by atoms with E-state index < -0.39 is 11.9 Å². The summed E-state index contributed by atoms with van der Waals surface area (Å²) in [5, 5.41) is 24.9. The summed E-state index contributed by atoms with van der Waals surface area (Å²) in [5.41, 5.74) is 1.11. The van der Waals surface area contributed by atoms with Crippen molar-refractivity contribution >= 4 is 18.4 Å². The lowest BCUT2D eigenvalue weighted by Gasteiger charge is -2.28. The lowest BCUT2D eigenvalue weighted by atomic mass is 9.86. The maximum absolute atomic E-state index is 11.1. The van der Waals surface area contributed by atoms with E-state index in [9.17, 15) is 9.59 Å². The molecule has 8 nitrogen and oxygen atoms in total. The minimum atomic E-state index is -0.952. The summed E-state index contributed by atoms with van der Waals surface area (Å²) in [7, 11) is 0. The van der Waals surface area contributed by atoms with Crippen molar-refractivity contribution in [2.24, 2.45) is 5.92 Å². The number of benzene rings is 1. The largest absolute Gasteiger partial charge is 0.483 e. The van der Waals surface area contributed by atoms with E-state index in [2.05, 4.69) is 9.55 Å². The number of hydrogen-bond donors (Lipinski definition) is 3. The Balaban J connectivity index is 0.000000758. The number of carboxylic acid groups (broad SMARTS) is 3. The summed E-state index contributed by atoms with van der Waals surface area (Å²) in [6.45, 7) is -0.250. The maximum atomic E-state index is 11.1. The SMILES string of the molecule is O=C(O)c1ccc(-c2nccn2C2CCC(C(=O)O)CC2)cc1.O=CO. The summed E-state index contributed by atoms with van der Waals surface area (Å²) < 4.78 is 2.08. The Kier molecular flexibility index (Phi) is 6.48. The van der Waals surface area contributed by atoms with Gasteiger partial charge in [0.2, 0.25) is 0 Å². The molecular formula is C18H20N2O6. The van der Waals surface area contributed by atoms with E-state index in [1.165, 1.54) is 0 Å². The second-order valence-electron chi connectivity index (χ2n) is 5.99. The van der Waals surface area contributed by atoms with Crippen LogP contribution in [0.15, 0.2) is 36.7 Å². The minimum Gasteiger partial charge on any atom is -0.483 e. The molecule has 0 saturated heterocycles. The molecule has 26 heavy (non-hydrogen) atoms. The zero-order valence-corrected chi connectivity index (χ0v) is 14.0. The normalized spacial score (nSPS) is 19.1. The summed E-state index contributed by atoms with van der Waals surface area (Å²) in [5.74, 6) is -1.11. The number of rotatable bonds is 4. The number of carbonyl (C=O) groups is 3. The number of carboxylic acids is 2. The predicted octanol–water partition coefficient (Wildman–Crippen LogP) is 2.77. The first-order chi connectivity index (χ1) is 12.5. The van der Waals surface area contributed by atoms with Crippen molar-refractivity contribution in [3.05, 3.63) is 42.2 Å². The Morgan fingerprint density at radius 3 is 2.15 bits per heavy atom. The molecule has 3 rings (SSSR count). The zero-order chi connectivity index (χ0) is 19.1. The van der Waals surface area contributed by atoms with Gasteiger partial charge in [0.15, 0.2) is 0 Å². The highest BCUT2D eigenvalue weighted by atomic mass is 16.4. The van der Waals surface area contributed by atoms with E-state index in [-0.39, 0.29) is 24.0 Å². The first-order valence-corrected chi connectivity index (χ1v) is 8.15. The molecule has 1 aliphatic rings. The second kappa shape index (κ2) is 8.80. The van der Waals surface area contributed by atoms with Crippen molar-refractivity contribution in [1.29, 1.82) is 0 Å². The average molecular weight is 360 g/mol. The Morgan fingerprint density at radius 1 is 1.08 bits per heavy atom. The van der Waals surface area contributed by atoms with Crippen LogP contribution in [-0.4, -0.2) is 43.3 Å². The van der Waals surface area contributed by atoms with Crippen molar-refractivity contribution in [1.82, 2.24) is 9.55 Å². The number of hydrogen-bond acceptors (Lipinski definition) is 4. The quantitative estimate of drug-likeness (QED) is 0.715. The van der Waals surface area contributed by atoms with Crippen LogP contribution in [0.2, 0.25) is 0 Å². The molecule has 1 aromatic heterocycles. The molecule has 0 amide bonds. The molecule has 1 aliphatic carbocycles. The van der Waals surface area contributed by atoms with Crippen molar-refractivity contribution in [2.45, 2.75) is 31.7 Å². The smallest absolute Gasteiger partial charge is 0.335 e. The third-order valence-corrected chi connectivity index (χ3v) is 4.50. The second-order valence-corrected chi connectivity index (χ2v) is 5.99. The molecule has 138 valence electrons. The van der Waals surface area contributed by atoms with Gasteiger partial charge in [-0.2, -0.15) is 0 Å². The lowest BCUT2D eigenvalue weighted by Crippen LogP contribution is -2.23. The average Bonchev–Trinajstić information content (AvgIpc) is 3.12. The molecular weight excluding hydrogens is 340 g/mol. The van der Waals surface area contributed by atoms with Gasteiger partial charge in [-0.05, 0) is 37.8 Å². The summed E-state index contributed by atoms with van der Waals surface area (Å²) in [6, 6.07) is 6.88. The lowest BCUT2D eigenvalue weighted by molar-refractivity contribution is -0.143. The minimum absolute atomic E-state index is 0.238. The van der Waals surface area contributed by atoms with Gasteiger partial charge < -0.3 is 19.9 Å². The Morgan fingerprint density at radius 2 is 1.65 bits per heavy atom. The third kappa shape index (κ3) is 4.47. The molecule has 0 bridgehead atoms. The van der Waals surface area contributed by atoms with Gasteiger partial charge in [0.25, 0.3) is 6.47 Å². The monoisotopic (exact) mass is 360 g/mol. The molecule has 8 heteroatoms. The van der Waals surface area contributed by atoms with Gasteiger partial charge in [-0.1, -0.05) is 12.1 Å². The van der Waals surface area contributed by atoms with Gasteiger partial charge in [0.1, 0.15) is 5.82 Å². The van der Waals surface area contributed by atoms with Crippen molar-refractivity contribution in [3.8, 4) is 11.4 Å². The highest BCUT2D eigenvalue weighted by Crippen LogP contribution is 2.34. The number of nitrogens with zero attached hydrogens (tertiary/aromatic N) is 2. The fraction of sp³-hybridized carbons (Fsp3) is 0.333. The highest BCUT2D eigenvalue weighted by Gasteiger charge is 2.27. The molecule has 2 aromatic rings. The molecule has 1 aromatic carbocycles. The first kappa shape index (κ1) is 19.2. The van der Waals surface area contributed by atoms with Gasteiger partial charge in [-0.15, -0.1) is 0 Å². The Hall–Kier alpha value is -3.16. The Labute approximate surface area is 149 Å². The van der Waals surface area contributed by atoms with Crippen molar-refractivity contribution < 1.29 is 29.7 Å². The van der Waals surface area contributed by atoms with Gasteiger partial charge in [0, 0.05) is 24.0 Å². The van der Waals surface area contributed by atoms with Crippen LogP contribution >= 0.6 is 0 Å². The van der Waals surface area contributed by atoms with Crippen LogP contribution in [0.3, 0.4) is 0 Å². The molecule has 3 N–H and O–H groups in total. The van der Waals surface area contributed by atoms with Crippen molar-refractivity contribution in [2.75, 3.05) is 0 Å². The molecule has 1 fully saturated rings. The summed E-state index contributed by atoms with van der Waals surface area (Å²) in [4.78, 5) is 34.7. The fourth-order valence-corrected chi connectivity index (χ4v) is 3.19. The van der Waals surface area contributed by atoms with Crippen LogP contribution in [0, 0.1) is 5.92 Å². The molecule has 0 aliphatic heterocycles. The number of aliphatic carboxylic acids is 1. The van der Waals surface area contributed by atoms with Gasteiger partial charge in [-0.3, -0.25) is 9.59 Å². The van der Waals surface area contributed by atoms with Crippen LogP contribution in [0.5, 0.6) is 0 Å². The van der Waals surface area contributed by atoms with E-state index in [1.807, 2.05) is 6.20 Å². The van der Waals surface area contributed by atoms with Gasteiger partial charge in [-0.25, -0.2) is 9.78 Å². The van der Waals surface area contributed by atoms with E-state index >= 15 is 0 Å². The maximum Gasteiger partial charge on any atom is 0.335 e. The number of aromatic carboxylic acids is 1. The van der Waals surface area contributed by atoms with Crippen LogP contribution in [-0.2, 0) is 9.59 Å². The molecule has 0 radical (unpaired) electrons. The van der Waals surface area contributed by atoms with Crippen LogP contribution < -0.4 is 0 Å². The Bertz CT molecular complexity index is 760. The molecule has 1 saturated carbocycles. The summed E-state index contributed by atoms with van der Waals surface area (Å²) in [6.07, 6.45) is 6.61. The fourth-order valence-electron chi connectivity index (χ4n) is 3.19. The van der Waals surface area contributed by atoms with E-state index in [0.717, 1.165) is 24.2 Å². The first-order valence-electron chi connectivity index (χ1n) is 8.15. The third-order valence-electron chi connectivity index (χ3n) is 4.50. The molecule has 0 atom stereocenters. The van der Waals surface area contributed by atoms with E-state index in [4.69, 9.17) is 20.1 Å². The topological polar surface area (TPSA) is 130 Å².